The van der Waals surface area contributed by atoms with E-state index in [1.165, 1.54) is 34.7 Å². The summed E-state index contributed by atoms with van der Waals surface area (Å²) in [5, 5.41) is 3.49. The van der Waals surface area contributed by atoms with Crippen LogP contribution in [0.3, 0.4) is 0 Å². The van der Waals surface area contributed by atoms with Crippen LogP contribution in [0.1, 0.15) is 18.4 Å². The third-order valence-corrected chi connectivity index (χ3v) is 5.54. The average molecular weight is 296 g/mol. The van der Waals surface area contributed by atoms with E-state index in [9.17, 15) is 0 Å². The van der Waals surface area contributed by atoms with Crippen LogP contribution < -0.4 is 10.2 Å². The van der Waals surface area contributed by atoms with Gasteiger partial charge in [0.15, 0.2) is 0 Å². The molecule has 0 unspecified atom stereocenters. The van der Waals surface area contributed by atoms with Crippen LogP contribution in [0.15, 0.2) is 53.4 Å². The molecule has 2 aromatic carbocycles. The molecule has 2 aliphatic heterocycles. The van der Waals surface area contributed by atoms with E-state index in [0.717, 1.165) is 18.8 Å². The van der Waals surface area contributed by atoms with Gasteiger partial charge < -0.3 is 10.2 Å². The van der Waals surface area contributed by atoms with Crippen LogP contribution in [0, 0.1) is 0 Å². The Morgan fingerprint density at radius 2 is 1.62 bits per heavy atom. The van der Waals surface area contributed by atoms with Crippen LogP contribution in [0.25, 0.3) is 0 Å². The van der Waals surface area contributed by atoms with Gasteiger partial charge in [-0.25, -0.2) is 0 Å². The lowest BCUT2D eigenvalue weighted by atomic mass is 10.0. The van der Waals surface area contributed by atoms with Gasteiger partial charge in [-0.05, 0) is 49.7 Å². The molecular formula is C18H20N2S. The summed E-state index contributed by atoms with van der Waals surface area (Å²) in [5.74, 6) is 1.06. The third-order valence-electron chi connectivity index (χ3n) is 4.43. The Balaban J connectivity index is 1.85. The molecule has 3 heteroatoms. The Hall–Kier alpha value is -1.45. The fourth-order valence-electron chi connectivity index (χ4n) is 3.39. The lowest BCUT2D eigenvalue weighted by Crippen LogP contribution is -2.41. The van der Waals surface area contributed by atoms with Gasteiger partial charge in [0.25, 0.3) is 0 Å². The summed E-state index contributed by atoms with van der Waals surface area (Å²) in [5.41, 5.74) is 4.25. The lowest BCUT2D eigenvalue weighted by molar-refractivity contribution is 0.451. The number of thioether (sulfide) groups is 1. The van der Waals surface area contributed by atoms with E-state index in [4.69, 9.17) is 0 Å². The van der Waals surface area contributed by atoms with E-state index in [1.807, 2.05) is 11.8 Å². The zero-order chi connectivity index (χ0) is 14.1. The van der Waals surface area contributed by atoms with E-state index in [2.05, 4.69) is 58.7 Å². The van der Waals surface area contributed by atoms with Crippen molar-refractivity contribution in [2.45, 2.75) is 29.5 Å². The smallest absolute Gasteiger partial charge is 0.0551 e. The number of anilines is 2. The predicted molar refractivity (Wildman–Crippen MR) is 90.5 cm³/mol. The van der Waals surface area contributed by atoms with Crippen LogP contribution >= 0.6 is 11.8 Å². The second-order valence-corrected chi connectivity index (χ2v) is 6.75. The van der Waals surface area contributed by atoms with Crippen molar-refractivity contribution in [2.75, 3.05) is 18.0 Å². The number of nitrogens with one attached hydrogen (secondary N) is 1. The van der Waals surface area contributed by atoms with E-state index in [-0.39, 0.29) is 0 Å². The maximum Gasteiger partial charge on any atom is 0.0551 e. The van der Waals surface area contributed by atoms with Gasteiger partial charge in [0.1, 0.15) is 0 Å². The third kappa shape index (κ3) is 2.45. The maximum atomic E-state index is 3.49. The number of para-hydroxylation sites is 2. The molecule has 0 aromatic heterocycles. The first-order chi connectivity index (χ1) is 10.4. The number of rotatable bonds is 1. The Bertz CT molecular complexity index is 587. The first kappa shape index (κ1) is 13.2. The van der Waals surface area contributed by atoms with Crippen LogP contribution in [-0.4, -0.2) is 19.1 Å². The second kappa shape index (κ2) is 5.74. The highest BCUT2D eigenvalue weighted by atomic mass is 32.2. The molecule has 2 nitrogen and oxygen atoms in total. The van der Waals surface area contributed by atoms with E-state index < -0.39 is 0 Å². The highest BCUT2D eigenvalue weighted by Gasteiger charge is 2.27. The van der Waals surface area contributed by atoms with Gasteiger partial charge in [-0.2, -0.15) is 0 Å². The van der Waals surface area contributed by atoms with Gasteiger partial charge in [0.2, 0.25) is 0 Å². The Morgan fingerprint density at radius 1 is 0.905 bits per heavy atom. The topological polar surface area (TPSA) is 15.3 Å². The molecule has 0 atom stereocenters. The summed E-state index contributed by atoms with van der Waals surface area (Å²) in [6, 6.07) is 18.4. The number of hydrogen-bond acceptors (Lipinski definition) is 3. The summed E-state index contributed by atoms with van der Waals surface area (Å²) >= 11 is 1.96. The van der Waals surface area contributed by atoms with Crippen LogP contribution in [0.2, 0.25) is 0 Å². The summed E-state index contributed by atoms with van der Waals surface area (Å²) in [6.45, 7) is 2.25. The van der Waals surface area contributed by atoms with E-state index in [1.54, 1.807) is 0 Å². The number of nitrogens with zero attached hydrogens (tertiary/aromatic N) is 1. The van der Waals surface area contributed by atoms with Crippen LogP contribution in [-0.2, 0) is 5.75 Å². The van der Waals surface area contributed by atoms with Crippen molar-refractivity contribution in [3.8, 4) is 0 Å². The van der Waals surface area contributed by atoms with Gasteiger partial charge in [-0.1, -0.05) is 30.3 Å². The molecule has 0 bridgehead atoms. The van der Waals surface area contributed by atoms with E-state index >= 15 is 0 Å². The Morgan fingerprint density at radius 3 is 2.48 bits per heavy atom. The normalized spacial score (nSPS) is 18.8. The Labute approximate surface area is 130 Å². The minimum atomic E-state index is 0.604. The molecular weight excluding hydrogens is 276 g/mol. The number of fused-ring (bicyclic) bond motifs is 2. The van der Waals surface area contributed by atoms with Gasteiger partial charge in [0, 0.05) is 22.4 Å². The molecule has 1 saturated heterocycles. The molecule has 2 aliphatic rings. The minimum absolute atomic E-state index is 0.604. The standard InChI is InChI=1S/C18H20N2S/c1-2-6-16-14(5-1)13-21-18-8-4-3-7-17(18)20(16)15-9-11-19-12-10-15/h1-8,15,19H,9-13H2. The monoisotopic (exact) mass is 296 g/mol. The highest BCUT2D eigenvalue weighted by Crippen LogP contribution is 2.44. The molecule has 0 saturated carbocycles. The predicted octanol–water partition coefficient (Wildman–Crippen LogP) is 4.18. The molecule has 2 heterocycles. The second-order valence-electron chi connectivity index (χ2n) is 5.74. The Kier molecular flexibility index (Phi) is 3.62. The minimum Gasteiger partial charge on any atom is -0.337 e. The zero-order valence-electron chi connectivity index (χ0n) is 12.1. The van der Waals surface area contributed by atoms with Crippen molar-refractivity contribution >= 4 is 23.1 Å². The zero-order valence-corrected chi connectivity index (χ0v) is 12.9. The molecule has 0 amide bonds. The van der Waals surface area contributed by atoms with Crippen molar-refractivity contribution in [1.29, 1.82) is 0 Å². The first-order valence-electron chi connectivity index (χ1n) is 7.73. The summed E-state index contributed by atoms with van der Waals surface area (Å²) in [6.07, 6.45) is 2.43. The molecule has 0 radical (unpaired) electrons. The number of benzene rings is 2. The summed E-state index contributed by atoms with van der Waals surface area (Å²) < 4.78 is 0. The summed E-state index contributed by atoms with van der Waals surface area (Å²) in [7, 11) is 0. The van der Waals surface area contributed by atoms with Gasteiger partial charge in [-0.15, -0.1) is 11.8 Å². The quantitative estimate of drug-likeness (QED) is 0.850. The lowest BCUT2D eigenvalue weighted by Gasteiger charge is -2.37. The van der Waals surface area contributed by atoms with Crippen molar-refractivity contribution in [1.82, 2.24) is 5.32 Å². The maximum absolute atomic E-state index is 3.49. The molecule has 1 N–H and O–H groups in total. The van der Waals surface area contributed by atoms with Gasteiger partial charge in [0.05, 0.1) is 5.69 Å². The van der Waals surface area contributed by atoms with Gasteiger partial charge >= 0.3 is 0 Å². The highest BCUT2D eigenvalue weighted by molar-refractivity contribution is 7.98. The van der Waals surface area contributed by atoms with Crippen molar-refractivity contribution in [3.05, 3.63) is 54.1 Å². The van der Waals surface area contributed by atoms with Crippen molar-refractivity contribution in [3.63, 3.8) is 0 Å². The van der Waals surface area contributed by atoms with Crippen LogP contribution in [0.4, 0.5) is 11.4 Å². The average Bonchev–Trinajstić information content (AvgIpc) is 2.72. The largest absolute Gasteiger partial charge is 0.337 e. The molecule has 4 rings (SSSR count). The SMILES string of the molecule is c1ccc2c(c1)CSc1ccccc1N2C1CCNCC1. The van der Waals surface area contributed by atoms with E-state index in [0.29, 0.717) is 6.04 Å². The molecule has 2 aromatic rings. The fraction of sp³-hybridized carbons (Fsp3) is 0.333. The fourth-order valence-corrected chi connectivity index (χ4v) is 4.43. The first-order valence-corrected chi connectivity index (χ1v) is 8.72. The van der Waals surface area contributed by atoms with Crippen molar-refractivity contribution < 1.29 is 0 Å². The molecule has 0 aliphatic carbocycles. The molecule has 0 spiro atoms. The summed E-state index contributed by atoms with van der Waals surface area (Å²) in [4.78, 5) is 4.01. The van der Waals surface area contributed by atoms with Crippen LogP contribution in [0.5, 0.6) is 0 Å². The number of piperidine rings is 1. The molecule has 21 heavy (non-hydrogen) atoms. The van der Waals surface area contributed by atoms with Crippen molar-refractivity contribution in [2.24, 2.45) is 0 Å². The molecule has 1 fully saturated rings. The number of hydrogen-bond donors (Lipinski definition) is 1. The van der Waals surface area contributed by atoms with Gasteiger partial charge in [-0.3, -0.25) is 0 Å². The molecule has 108 valence electrons.